The summed E-state index contributed by atoms with van der Waals surface area (Å²) in [6, 6.07) is 6.25. The van der Waals surface area contributed by atoms with Crippen molar-refractivity contribution < 1.29 is 22.6 Å². The van der Waals surface area contributed by atoms with Crippen LogP contribution in [0.1, 0.15) is 0 Å². The van der Waals surface area contributed by atoms with Crippen molar-refractivity contribution in [3.8, 4) is 23.0 Å². The van der Waals surface area contributed by atoms with Gasteiger partial charge >= 0.3 is 0 Å². The Kier molecular flexibility index (Phi) is 2.38. The van der Waals surface area contributed by atoms with Crippen molar-refractivity contribution in [1.29, 1.82) is 0 Å². The topological polar surface area (TPSA) is 18.5 Å². The molecule has 18 heavy (non-hydrogen) atoms. The van der Waals surface area contributed by atoms with Crippen LogP contribution in [0.2, 0.25) is 5.02 Å². The molecule has 0 N–H and O–H groups in total. The lowest BCUT2D eigenvalue weighted by molar-refractivity contribution is 0.317. The second kappa shape index (κ2) is 3.81. The Hall–Kier alpha value is -1.88. The molecule has 0 unspecified atom stereocenters. The third-order valence-corrected chi connectivity index (χ3v) is 2.79. The molecule has 1 aliphatic rings. The summed E-state index contributed by atoms with van der Waals surface area (Å²) in [5.41, 5.74) is 0. The predicted octanol–water partition coefficient (Wildman–Crippen LogP) is 4.66. The summed E-state index contributed by atoms with van der Waals surface area (Å²) in [6.45, 7) is 0. The highest BCUT2D eigenvalue weighted by Gasteiger charge is 2.31. The largest absolute Gasteiger partial charge is 0.446 e. The summed E-state index contributed by atoms with van der Waals surface area (Å²) in [4.78, 5) is 0. The van der Waals surface area contributed by atoms with Crippen LogP contribution >= 0.6 is 11.6 Å². The van der Waals surface area contributed by atoms with Gasteiger partial charge in [0.15, 0.2) is 23.1 Å². The average molecular weight is 273 g/mol. The summed E-state index contributed by atoms with van der Waals surface area (Å²) >= 11 is 5.32. The number of ether oxygens (including phenoxy) is 2. The SMILES string of the molecule is Fc1c(F)c2c(c(F)c1Cl)Oc1ccccc1O2. The predicted molar refractivity (Wildman–Crippen MR) is 57.9 cm³/mol. The fourth-order valence-corrected chi connectivity index (χ4v) is 1.78. The quantitative estimate of drug-likeness (QED) is 0.438. The molecule has 92 valence electrons. The number of fused-ring (bicyclic) bond motifs is 2. The molecule has 6 heteroatoms. The van der Waals surface area contributed by atoms with Gasteiger partial charge in [0.05, 0.1) is 0 Å². The van der Waals surface area contributed by atoms with Crippen LogP contribution in [0.25, 0.3) is 0 Å². The lowest BCUT2D eigenvalue weighted by Gasteiger charge is -2.21. The van der Waals surface area contributed by atoms with Gasteiger partial charge in [0.25, 0.3) is 0 Å². The Morgan fingerprint density at radius 3 is 1.83 bits per heavy atom. The van der Waals surface area contributed by atoms with Gasteiger partial charge in [-0.15, -0.1) is 0 Å². The summed E-state index contributed by atoms with van der Waals surface area (Å²) in [7, 11) is 0. The molecule has 1 heterocycles. The zero-order chi connectivity index (χ0) is 12.9. The fourth-order valence-electron chi connectivity index (χ4n) is 1.61. The lowest BCUT2D eigenvalue weighted by atomic mass is 10.2. The van der Waals surface area contributed by atoms with Crippen LogP contribution in [0.5, 0.6) is 23.0 Å². The zero-order valence-electron chi connectivity index (χ0n) is 8.64. The molecule has 2 aromatic carbocycles. The van der Waals surface area contributed by atoms with Crippen molar-refractivity contribution in [2.24, 2.45) is 0 Å². The molecule has 0 radical (unpaired) electrons. The molecular weight excluding hydrogens is 269 g/mol. The Morgan fingerprint density at radius 1 is 0.778 bits per heavy atom. The smallest absolute Gasteiger partial charge is 0.211 e. The molecule has 2 aromatic rings. The van der Waals surface area contributed by atoms with E-state index in [2.05, 4.69) is 0 Å². The molecule has 1 aliphatic heterocycles. The summed E-state index contributed by atoms with van der Waals surface area (Å²) < 4.78 is 50.8. The Morgan fingerprint density at radius 2 is 1.28 bits per heavy atom. The number of hydrogen-bond donors (Lipinski definition) is 0. The van der Waals surface area contributed by atoms with Crippen molar-refractivity contribution >= 4 is 11.6 Å². The second-order valence-electron chi connectivity index (χ2n) is 3.57. The first kappa shape index (κ1) is 11.2. The van der Waals surface area contributed by atoms with Gasteiger partial charge in [0.1, 0.15) is 5.02 Å². The fraction of sp³-hybridized carbons (Fsp3) is 0. The molecule has 0 saturated carbocycles. The maximum absolute atomic E-state index is 13.7. The second-order valence-corrected chi connectivity index (χ2v) is 3.94. The normalized spacial score (nSPS) is 12.2. The number of halogens is 4. The molecule has 0 saturated heterocycles. The van der Waals surface area contributed by atoms with Gasteiger partial charge in [-0.25, -0.2) is 8.78 Å². The summed E-state index contributed by atoms with van der Waals surface area (Å²) in [5.74, 6) is -4.91. The molecule has 2 nitrogen and oxygen atoms in total. The van der Waals surface area contributed by atoms with Crippen LogP contribution in [0.4, 0.5) is 13.2 Å². The van der Waals surface area contributed by atoms with Crippen LogP contribution in [0.3, 0.4) is 0 Å². The van der Waals surface area contributed by atoms with Gasteiger partial charge in [-0.2, -0.15) is 4.39 Å². The van der Waals surface area contributed by atoms with E-state index in [-0.39, 0.29) is 11.5 Å². The van der Waals surface area contributed by atoms with Crippen LogP contribution in [0, 0.1) is 17.5 Å². The highest BCUT2D eigenvalue weighted by Crippen LogP contribution is 2.49. The average Bonchev–Trinajstić information content (AvgIpc) is 2.41. The Labute approximate surface area is 105 Å². The molecule has 0 aliphatic carbocycles. The first-order valence-corrected chi connectivity index (χ1v) is 5.28. The monoisotopic (exact) mass is 272 g/mol. The van der Waals surface area contributed by atoms with Crippen molar-refractivity contribution in [3.63, 3.8) is 0 Å². The van der Waals surface area contributed by atoms with Crippen LogP contribution in [-0.4, -0.2) is 0 Å². The minimum Gasteiger partial charge on any atom is -0.446 e. The van der Waals surface area contributed by atoms with Crippen LogP contribution in [-0.2, 0) is 0 Å². The first-order chi connectivity index (χ1) is 8.59. The minimum atomic E-state index is -1.50. The van der Waals surface area contributed by atoms with Gasteiger partial charge in [0.2, 0.25) is 17.3 Å². The van der Waals surface area contributed by atoms with E-state index in [1.807, 2.05) is 0 Å². The molecule has 0 spiro atoms. The van der Waals surface area contributed by atoms with E-state index >= 15 is 0 Å². The van der Waals surface area contributed by atoms with Crippen molar-refractivity contribution in [2.75, 3.05) is 0 Å². The van der Waals surface area contributed by atoms with E-state index < -0.39 is 34.0 Å². The standard InChI is InChI=1S/C12H4ClF3O2/c13-7-8(14)10(16)12-11(9(7)15)17-5-3-1-2-4-6(5)18-12/h1-4H. The van der Waals surface area contributed by atoms with E-state index in [4.69, 9.17) is 21.1 Å². The van der Waals surface area contributed by atoms with Crippen molar-refractivity contribution in [3.05, 3.63) is 46.7 Å². The third kappa shape index (κ3) is 1.44. The minimum absolute atomic E-state index is 0.171. The summed E-state index contributed by atoms with van der Waals surface area (Å²) in [5, 5.41) is -0.964. The number of para-hydroxylation sites is 2. The van der Waals surface area contributed by atoms with E-state index in [0.717, 1.165) is 0 Å². The van der Waals surface area contributed by atoms with Gasteiger partial charge in [-0.3, -0.25) is 0 Å². The Balaban J connectivity index is 2.25. The Bertz CT molecular complexity index is 602. The molecule has 0 aromatic heterocycles. The molecule has 3 rings (SSSR count). The zero-order valence-corrected chi connectivity index (χ0v) is 9.39. The lowest BCUT2D eigenvalue weighted by Crippen LogP contribution is -2.05. The number of benzene rings is 2. The molecule has 0 amide bonds. The molecular formula is C12H4ClF3O2. The van der Waals surface area contributed by atoms with Gasteiger partial charge in [-0.1, -0.05) is 23.7 Å². The highest BCUT2D eigenvalue weighted by molar-refractivity contribution is 6.31. The van der Waals surface area contributed by atoms with Crippen molar-refractivity contribution in [1.82, 2.24) is 0 Å². The van der Waals surface area contributed by atoms with Crippen LogP contribution in [0.15, 0.2) is 24.3 Å². The number of hydrogen-bond acceptors (Lipinski definition) is 2. The number of rotatable bonds is 0. The maximum atomic E-state index is 13.7. The maximum Gasteiger partial charge on any atom is 0.211 e. The van der Waals surface area contributed by atoms with Crippen LogP contribution < -0.4 is 9.47 Å². The molecule has 0 bridgehead atoms. The van der Waals surface area contributed by atoms with E-state index in [1.165, 1.54) is 12.1 Å². The van der Waals surface area contributed by atoms with Gasteiger partial charge in [0, 0.05) is 0 Å². The van der Waals surface area contributed by atoms with E-state index in [9.17, 15) is 13.2 Å². The molecule has 0 fully saturated rings. The molecule has 0 atom stereocenters. The van der Waals surface area contributed by atoms with E-state index in [1.54, 1.807) is 12.1 Å². The van der Waals surface area contributed by atoms with Gasteiger partial charge < -0.3 is 9.47 Å². The van der Waals surface area contributed by atoms with Crippen molar-refractivity contribution in [2.45, 2.75) is 0 Å². The van der Waals surface area contributed by atoms with E-state index in [0.29, 0.717) is 0 Å². The van der Waals surface area contributed by atoms with Gasteiger partial charge in [-0.05, 0) is 12.1 Å². The first-order valence-electron chi connectivity index (χ1n) is 4.90. The summed E-state index contributed by atoms with van der Waals surface area (Å²) in [6.07, 6.45) is 0. The highest BCUT2D eigenvalue weighted by atomic mass is 35.5. The third-order valence-electron chi connectivity index (χ3n) is 2.46.